The van der Waals surface area contributed by atoms with Crippen LogP contribution in [0.3, 0.4) is 0 Å². The van der Waals surface area contributed by atoms with Crippen LogP contribution in [-0.2, 0) is 10.8 Å². The minimum Gasteiger partial charge on any atom is -0.493 e. The molecule has 0 amide bonds. The van der Waals surface area contributed by atoms with Crippen molar-refractivity contribution in [1.82, 2.24) is 10.6 Å². The number of methoxy groups -OCH3 is 1. The normalized spacial score (nSPS) is 22.2. The van der Waals surface area contributed by atoms with Gasteiger partial charge in [-0.2, -0.15) is 0 Å². The van der Waals surface area contributed by atoms with Crippen molar-refractivity contribution >= 4 is 16.8 Å². The summed E-state index contributed by atoms with van der Waals surface area (Å²) < 4.78 is 23.5. The minimum atomic E-state index is -0.722. The van der Waals surface area contributed by atoms with Gasteiger partial charge in [0.25, 0.3) is 0 Å². The maximum Gasteiger partial charge on any atom is 0.191 e. The van der Waals surface area contributed by atoms with E-state index in [-0.39, 0.29) is 6.10 Å². The zero-order valence-corrected chi connectivity index (χ0v) is 18.4. The second-order valence-electron chi connectivity index (χ2n) is 7.10. The van der Waals surface area contributed by atoms with Gasteiger partial charge in [0.1, 0.15) is 6.10 Å². The van der Waals surface area contributed by atoms with Crippen LogP contribution in [0.1, 0.15) is 46.5 Å². The van der Waals surface area contributed by atoms with Crippen molar-refractivity contribution < 1.29 is 13.7 Å². The molecule has 0 bridgehead atoms. The lowest BCUT2D eigenvalue weighted by Crippen LogP contribution is -2.47. The van der Waals surface area contributed by atoms with Crippen LogP contribution in [-0.4, -0.2) is 53.5 Å². The van der Waals surface area contributed by atoms with Gasteiger partial charge in [0, 0.05) is 34.4 Å². The Morgan fingerprint density at radius 2 is 2.04 bits per heavy atom. The molecule has 0 saturated heterocycles. The fourth-order valence-corrected chi connectivity index (χ4v) is 4.80. The highest BCUT2D eigenvalue weighted by atomic mass is 32.2. The average Bonchev–Trinajstić information content (AvgIpc) is 2.72. The molecule has 7 heteroatoms. The predicted octanol–water partition coefficient (Wildman–Crippen LogP) is 3.10. The first-order chi connectivity index (χ1) is 13.6. The van der Waals surface area contributed by atoms with Crippen LogP contribution < -0.4 is 20.1 Å². The van der Waals surface area contributed by atoms with E-state index in [1.54, 1.807) is 7.11 Å². The summed E-state index contributed by atoms with van der Waals surface area (Å²) in [4.78, 5) is 4.70. The SMILES string of the molecule is CCNC(=NCC(C)Oc1ccccc1OC)NC1CCCC(S(=O)CC)C1. The van der Waals surface area contributed by atoms with E-state index in [9.17, 15) is 4.21 Å². The summed E-state index contributed by atoms with van der Waals surface area (Å²) in [6, 6.07) is 7.96. The summed E-state index contributed by atoms with van der Waals surface area (Å²) >= 11 is 0. The number of hydrogen-bond acceptors (Lipinski definition) is 4. The topological polar surface area (TPSA) is 72.0 Å². The van der Waals surface area contributed by atoms with Gasteiger partial charge in [-0.25, -0.2) is 4.99 Å². The summed E-state index contributed by atoms with van der Waals surface area (Å²) in [6.07, 6.45) is 4.13. The van der Waals surface area contributed by atoms with Gasteiger partial charge in [0.15, 0.2) is 17.5 Å². The molecule has 0 aromatic heterocycles. The van der Waals surface area contributed by atoms with Gasteiger partial charge in [-0.05, 0) is 45.2 Å². The van der Waals surface area contributed by atoms with Crippen LogP contribution in [0.5, 0.6) is 11.5 Å². The van der Waals surface area contributed by atoms with Gasteiger partial charge < -0.3 is 20.1 Å². The van der Waals surface area contributed by atoms with Crippen molar-refractivity contribution in [2.75, 3.05) is 26.0 Å². The molecule has 1 fully saturated rings. The summed E-state index contributed by atoms with van der Waals surface area (Å²) in [7, 11) is 0.918. The van der Waals surface area contributed by atoms with Crippen molar-refractivity contribution in [3.05, 3.63) is 24.3 Å². The lowest BCUT2D eigenvalue weighted by Gasteiger charge is -2.30. The molecule has 6 nitrogen and oxygen atoms in total. The molecule has 4 unspecified atom stereocenters. The number of nitrogens with zero attached hydrogens (tertiary/aromatic N) is 1. The van der Waals surface area contributed by atoms with Crippen molar-refractivity contribution in [2.24, 2.45) is 4.99 Å². The maximum absolute atomic E-state index is 12.2. The number of benzene rings is 1. The summed E-state index contributed by atoms with van der Waals surface area (Å²) in [5, 5.41) is 7.14. The lowest BCUT2D eigenvalue weighted by atomic mass is 9.95. The van der Waals surface area contributed by atoms with Gasteiger partial charge >= 0.3 is 0 Å². The molecule has 158 valence electrons. The minimum absolute atomic E-state index is 0.0848. The van der Waals surface area contributed by atoms with Crippen LogP contribution in [0.2, 0.25) is 0 Å². The summed E-state index contributed by atoms with van der Waals surface area (Å²) in [6.45, 7) is 7.39. The molecule has 2 rings (SSSR count). The second-order valence-corrected chi connectivity index (χ2v) is 9.10. The second kappa shape index (κ2) is 11.9. The first kappa shape index (κ1) is 22.5. The van der Waals surface area contributed by atoms with E-state index in [1.165, 1.54) is 0 Å². The number of guanidine groups is 1. The molecule has 1 aliphatic rings. The number of nitrogens with one attached hydrogen (secondary N) is 2. The van der Waals surface area contributed by atoms with E-state index in [0.29, 0.717) is 17.8 Å². The van der Waals surface area contributed by atoms with Gasteiger partial charge in [-0.15, -0.1) is 0 Å². The largest absolute Gasteiger partial charge is 0.493 e. The van der Waals surface area contributed by atoms with Gasteiger partial charge in [-0.3, -0.25) is 4.21 Å². The van der Waals surface area contributed by atoms with E-state index in [4.69, 9.17) is 14.5 Å². The zero-order valence-electron chi connectivity index (χ0n) is 17.6. The first-order valence-electron chi connectivity index (χ1n) is 10.3. The molecule has 0 heterocycles. The molecule has 1 aromatic carbocycles. The smallest absolute Gasteiger partial charge is 0.191 e. The molecule has 1 aromatic rings. The van der Waals surface area contributed by atoms with Crippen molar-refractivity contribution in [1.29, 1.82) is 0 Å². The highest BCUT2D eigenvalue weighted by molar-refractivity contribution is 7.85. The Hall–Kier alpha value is -1.76. The van der Waals surface area contributed by atoms with E-state index < -0.39 is 10.8 Å². The maximum atomic E-state index is 12.2. The predicted molar refractivity (Wildman–Crippen MR) is 117 cm³/mol. The molecule has 2 N–H and O–H groups in total. The van der Waals surface area contributed by atoms with Gasteiger partial charge in [0.05, 0.1) is 13.7 Å². The standard InChI is InChI=1S/C21H35N3O3S/c1-5-22-21(24-17-10-9-11-18(14-17)28(25)6-2)23-15-16(3)27-20-13-8-7-12-19(20)26-4/h7-8,12-13,16-18H,5-6,9-11,14-15H2,1-4H3,(H2,22,23,24). The Labute approximate surface area is 171 Å². The third-order valence-corrected chi connectivity index (χ3v) is 6.61. The van der Waals surface area contributed by atoms with Crippen LogP contribution >= 0.6 is 0 Å². The summed E-state index contributed by atoms with van der Waals surface area (Å²) in [5.74, 6) is 2.98. The van der Waals surface area contributed by atoms with Crippen LogP contribution in [0, 0.1) is 0 Å². The number of ether oxygens (including phenoxy) is 2. The molecule has 4 atom stereocenters. The quantitative estimate of drug-likeness (QED) is 0.484. The van der Waals surface area contributed by atoms with Gasteiger partial charge in [0.2, 0.25) is 0 Å². The summed E-state index contributed by atoms with van der Waals surface area (Å²) in [5.41, 5.74) is 0. The van der Waals surface area contributed by atoms with E-state index in [1.807, 2.05) is 38.1 Å². The van der Waals surface area contributed by atoms with E-state index in [2.05, 4.69) is 17.6 Å². The van der Waals surface area contributed by atoms with E-state index in [0.717, 1.165) is 55.4 Å². The highest BCUT2D eigenvalue weighted by Gasteiger charge is 2.26. The van der Waals surface area contributed by atoms with Crippen LogP contribution in [0.15, 0.2) is 29.3 Å². The fraction of sp³-hybridized carbons (Fsp3) is 0.667. The lowest BCUT2D eigenvalue weighted by molar-refractivity contribution is 0.219. The molecule has 0 aliphatic heterocycles. The van der Waals surface area contributed by atoms with Crippen LogP contribution in [0.4, 0.5) is 0 Å². The molecular weight excluding hydrogens is 374 g/mol. The average molecular weight is 410 g/mol. The Morgan fingerprint density at radius 3 is 2.71 bits per heavy atom. The van der Waals surface area contributed by atoms with E-state index >= 15 is 0 Å². The molecule has 0 radical (unpaired) electrons. The molecule has 28 heavy (non-hydrogen) atoms. The number of rotatable bonds is 9. The van der Waals surface area contributed by atoms with Crippen LogP contribution in [0.25, 0.3) is 0 Å². The number of hydrogen-bond donors (Lipinski definition) is 2. The third-order valence-electron chi connectivity index (χ3n) is 4.87. The molecule has 0 spiro atoms. The fourth-order valence-electron chi connectivity index (χ4n) is 3.45. The monoisotopic (exact) mass is 409 g/mol. The number of para-hydroxylation sites is 2. The Morgan fingerprint density at radius 1 is 1.29 bits per heavy atom. The highest BCUT2D eigenvalue weighted by Crippen LogP contribution is 2.27. The Bertz CT molecular complexity index is 654. The number of aliphatic imine (C=N–C) groups is 1. The van der Waals surface area contributed by atoms with Gasteiger partial charge in [-0.1, -0.05) is 25.5 Å². The third kappa shape index (κ3) is 7.00. The first-order valence-corrected chi connectivity index (χ1v) is 11.7. The molecule has 1 saturated carbocycles. The molecule has 1 aliphatic carbocycles. The van der Waals surface area contributed by atoms with Crippen molar-refractivity contribution in [2.45, 2.75) is 63.9 Å². The molecular formula is C21H35N3O3S. The van der Waals surface area contributed by atoms with Crippen molar-refractivity contribution in [3.63, 3.8) is 0 Å². The zero-order chi connectivity index (χ0) is 20.4. The van der Waals surface area contributed by atoms with Crippen molar-refractivity contribution in [3.8, 4) is 11.5 Å². The Kier molecular flexibility index (Phi) is 9.61. The Balaban J connectivity index is 1.93.